The van der Waals surface area contributed by atoms with E-state index in [9.17, 15) is 0 Å². The fourth-order valence-electron chi connectivity index (χ4n) is 1.77. The molecule has 0 aliphatic rings. The van der Waals surface area contributed by atoms with Crippen molar-refractivity contribution in [2.75, 3.05) is 19.0 Å². The van der Waals surface area contributed by atoms with E-state index in [1.165, 1.54) is 0 Å². The summed E-state index contributed by atoms with van der Waals surface area (Å²) in [5.74, 6) is 1.56. The molecule has 0 fully saturated rings. The Hall–Kier alpha value is -0.680. The first-order valence-electron chi connectivity index (χ1n) is 6.40. The number of nitrogens with one attached hydrogen (secondary N) is 1. The van der Waals surface area contributed by atoms with Gasteiger partial charge in [0.2, 0.25) is 0 Å². The Kier molecular flexibility index (Phi) is 5.53. The number of rotatable bonds is 6. The first-order valence-corrected chi connectivity index (χ1v) is 7.20. The maximum atomic E-state index is 5.84. The van der Waals surface area contributed by atoms with Gasteiger partial charge in [-0.25, -0.2) is 9.97 Å². The van der Waals surface area contributed by atoms with Crippen LogP contribution in [0.25, 0.3) is 0 Å². The second-order valence-corrected chi connectivity index (χ2v) is 5.07. The average Bonchev–Trinajstić information content (AvgIpc) is 2.39. The van der Waals surface area contributed by atoms with E-state index in [1.54, 1.807) is 0 Å². The maximum Gasteiger partial charge on any atom is 0.162 e. The summed E-state index contributed by atoms with van der Waals surface area (Å²) in [5.41, 5.74) is 0.578. The van der Waals surface area contributed by atoms with Crippen molar-refractivity contribution in [3.05, 3.63) is 16.0 Å². The Morgan fingerprint density at radius 3 is 2.39 bits per heavy atom. The zero-order valence-corrected chi connectivity index (χ0v) is 13.4. The normalized spacial score (nSPS) is 14.3. The quantitative estimate of drug-likeness (QED) is 0.872. The van der Waals surface area contributed by atoms with Crippen LogP contribution >= 0.6 is 15.9 Å². The lowest BCUT2D eigenvalue weighted by molar-refractivity contribution is -0.0391. The molecule has 0 spiro atoms. The molecule has 0 bridgehead atoms. The zero-order valence-electron chi connectivity index (χ0n) is 11.8. The Morgan fingerprint density at radius 2 is 1.94 bits per heavy atom. The van der Waals surface area contributed by atoms with Gasteiger partial charge in [0.25, 0.3) is 0 Å². The fraction of sp³-hybridized carbons (Fsp3) is 0.692. The minimum atomic E-state index is -0.426. The van der Waals surface area contributed by atoms with Crippen molar-refractivity contribution in [2.45, 2.75) is 46.1 Å². The van der Waals surface area contributed by atoms with Crippen LogP contribution < -0.4 is 5.32 Å². The van der Waals surface area contributed by atoms with Crippen LogP contribution in [0.5, 0.6) is 0 Å². The third-order valence-electron chi connectivity index (χ3n) is 3.10. The van der Waals surface area contributed by atoms with Crippen LogP contribution in [0.15, 0.2) is 4.47 Å². The molecule has 0 saturated carbocycles. The van der Waals surface area contributed by atoms with E-state index in [0.29, 0.717) is 6.61 Å². The number of anilines is 1. The van der Waals surface area contributed by atoms with E-state index in [4.69, 9.17) is 4.74 Å². The molecule has 0 aliphatic carbocycles. The Balaban J connectivity index is 3.31. The predicted octanol–water partition coefficient (Wildman–Crippen LogP) is 3.50. The Labute approximate surface area is 118 Å². The molecule has 4 nitrogen and oxygen atoms in total. The SMILES string of the molecule is CCOC(C)(CC)c1nc(CC)c(Br)c(NC)n1. The van der Waals surface area contributed by atoms with Crippen LogP contribution in [0.3, 0.4) is 0 Å². The average molecular weight is 316 g/mol. The third-order valence-corrected chi connectivity index (χ3v) is 3.94. The number of ether oxygens (including phenoxy) is 1. The van der Waals surface area contributed by atoms with Gasteiger partial charge >= 0.3 is 0 Å². The molecule has 0 radical (unpaired) electrons. The molecule has 18 heavy (non-hydrogen) atoms. The summed E-state index contributed by atoms with van der Waals surface area (Å²) in [6.45, 7) is 8.86. The molecule has 0 aromatic carbocycles. The van der Waals surface area contributed by atoms with Crippen molar-refractivity contribution in [1.29, 1.82) is 0 Å². The Bertz CT molecular complexity index is 386. The molecule has 0 aliphatic heterocycles. The molecule has 1 aromatic rings. The number of hydrogen-bond acceptors (Lipinski definition) is 4. The maximum absolute atomic E-state index is 5.84. The number of aromatic nitrogens is 2. The van der Waals surface area contributed by atoms with Crippen molar-refractivity contribution in [3.8, 4) is 0 Å². The van der Waals surface area contributed by atoms with Crippen LogP contribution in [-0.2, 0) is 16.8 Å². The second kappa shape index (κ2) is 6.48. The molecule has 1 rings (SSSR count). The lowest BCUT2D eigenvalue weighted by Crippen LogP contribution is -2.28. The lowest BCUT2D eigenvalue weighted by Gasteiger charge is -2.27. The molecule has 1 N–H and O–H groups in total. The van der Waals surface area contributed by atoms with Gasteiger partial charge in [-0.05, 0) is 42.6 Å². The smallest absolute Gasteiger partial charge is 0.162 e. The van der Waals surface area contributed by atoms with Crippen LogP contribution in [-0.4, -0.2) is 23.6 Å². The highest BCUT2D eigenvalue weighted by molar-refractivity contribution is 9.10. The Morgan fingerprint density at radius 1 is 1.28 bits per heavy atom. The zero-order chi connectivity index (χ0) is 13.8. The van der Waals surface area contributed by atoms with Crippen LogP contribution in [0, 0.1) is 0 Å². The van der Waals surface area contributed by atoms with Crippen LogP contribution in [0.2, 0.25) is 0 Å². The molecule has 1 heterocycles. The molecule has 1 aromatic heterocycles. The van der Waals surface area contributed by atoms with Gasteiger partial charge in [0.05, 0.1) is 10.2 Å². The van der Waals surface area contributed by atoms with Gasteiger partial charge in [0.15, 0.2) is 5.82 Å². The van der Waals surface area contributed by atoms with Gasteiger partial charge < -0.3 is 10.1 Å². The van der Waals surface area contributed by atoms with Gasteiger partial charge in [0.1, 0.15) is 11.4 Å². The molecule has 0 amide bonds. The minimum absolute atomic E-state index is 0.426. The van der Waals surface area contributed by atoms with Crippen LogP contribution in [0.1, 0.15) is 45.6 Å². The van der Waals surface area contributed by atoms with Gasteiger partial charge in [-0.3, -0.25) is 0 Å². The van der Waals surface area contributed by atoms with E-state index < -0.39 is 5.60 Å². The van der Waals surface area contributed by atoms with Gasteiger partial charge in [0, 0.05) is 13.7 Å². The molecule has 5 heteroatoms. The molecule has 0 saturated heterocycles. The molecule has 102 valence electrons. The highest BCUT2D eigenvalue weighted by Gasteiger charge is 2.29. The van der Waals surface area contributed by atoms with E-state index in [2.05, 4.69) is 45.1 Å². The fourth-order valence-corrected chi connectivity index (χ4v) is 2.43. The van der Waals surface area contributed by atoms with E-state index in [1.807, 2.05) is 20.9 Å². The number of nitrogens with zero attached hydrogens (tertiary/aromatic N) is 2. The van der Waals surface area contributed by atoms with Gasteiger partial charge in [-0.1, -0.05) is 13.8 Å². The number of halogens is 1. The largest absolute Gasteiger partial charge is 0.372 e. The highest BCUT2D eigenvalue weighted by atomic mass is 79.9. The van der Waals surface area contributed by atoms with Crippen LogP contribution in [0.4, 0.5) is 5.82 Å². The first kappa shape index (κ1) is 15.4. The van der Waals surface area contributed by atoms with Gasteiger partial charge in [-0.2, -0.15) is 0 Å². The van der Waals surface area contributed by atoms with Crippen molar-refractivity contribution in [1.82, 2.24) is 9.97 Å². The second-order valence-electron chi connectivity index (χ2n) is 4.28. The number of hydrogen-bond donors (Lipinski definition) is 1. The van der Waals surface area contributed by atoms with E-state index in [0.717, 1.165) is 34.7 Å². The summed E-state index contributed by atoms with van der Waals surface area (Å²) in [4.78, 5) is 9.20. The monoisotopic (exact) mass is 315 g/mol. The van der Waals surface area contributed by atoms with E-state index in [-0.39, 0.29) is 0 Å². The molecular weight excluding hydrogens is 294 g/mol. The third kappa shape index (κ3) is 3.01. The van der Waals surface area contributed by atoms with Crippen molar-refractivity contribution in [3.63, 3.8) is 0 Å². The molecule has 1 atom stereocenters. The molecular formula is C13H22BrN3O. The predicted molar refractivity (Wildman–Crippen MR) is 77.9 cm³/mol. The first-order chi connectivity index (χ1) is 8.52. The van der Waals surface area contributed by atoms with Crippen molar-refractivity contribution in [2.24, 2.45) is 0 Å². The summed E-state index contributed by atoms with van der Waals surface area (Å²) in [6.07, 6.45) is 1.70. The van der Waals surface area contributed by atoms with E-state index >= 15 is 0 Å². The summed E-state index contributed by atoms with van der Waals surface area (Å²) >= 11 is 3.54. The standard InChI is InChI=1S/C13H22BrN3O/c1-6-9-10(14)11(15-5)17-12(16-9)13(4,7-2)18-8-3/h6-8H2,1-5H3,(H,15,16,17). The topological polar surface area (TPSA) is 47.0 Å². The van der Waals surface area contributed by atoms with Gasteiger partial charge in [-0.15, -0.1) is 0 Å². The number of aryl methyl sites for hydroxylation is 1. The van der Waals surface area contributed by atoms with Crippen molar-refractivity contribution >= 4 is 21.7 Å². The lowest BCUT2D eigenvalue weighted by atomic mass is 10.0. The summed E-state index contributed by atoms with van der Waals surface area (Å²) in [6, 6.07) is 0. The molecule has 1 unspecified atom stereocenters. The summed E-state index contributed by atoms with van der Waals surface area (Å²) < 4.78 is 6.77. The van der Waals surface area contributed by atoms with Crippen molar-refractivity contribution < 1.29 is 4.74 Å². The minimum Gasteiger partial charge on any atom is -0.372 e. The summed E-state index contributed by atoms with van der Waals surface area (Å²) in [5, 5.41) is 3.10. The summed E-state index contributed by atoms with van der Waals surface area (Å²) in [7, 11) is 1.86. The highest BCUT2D eigenvalue weighted by Crippen LogP contribution is 2.31.